The van der Waals surface area contributed by atoms with Gasteiger partial charge < -0.3 is 9.47 Å². The molecule has 0 aromatic heterocycles. The maximum absolute atomic E-state index is 11.1. The third-order valence-electron chi connectivity index (χ3n) is 3.23. The van der Waals surface area contributed by atoms with E-state index in [9.17, 15) is 4.79 Å². The van der Waals surface area contributed by atoms with Gasteiger partial charge in [-0.1, -0.05) is 71.1 Å². The van der Waals surface area contributed by atoms with Gasteiger partial charge in [-0.15, -0.1) is 0 Å². The van der Waals surface area contributed by atoms with Gasteiger partial charge in [0.05, 0.1) is 6.61 Å². The Morgan fingerprint density at radius 2 is 1.35 bits per heavy atom. The van der Waals surface area contributed by atoms with Gasteiger partial charge in [0.25, 0.3) is 0 Å². The highest BCUT2D eigenvalue weighted by Gasteiger charge is 2.06. The molecule has 0 rings (SSSR count). The van der Waals surface area contributed by atoms with Gasteiger partial charge >= 0.3 is 6.16 Å². The number of carbonyl (C=O) groups excluding carboxylic acids is 1. The quantitative estimate of drug-likeness (QED) is 0.160. The topological polar surface area (TPSA) is 35.5 Å². The Balaban J connectivity index is 3.08. The third kappa shape index (κ3) is 16.1. The standard InChI is InChI=1S/C16H31IO3/c1-3-4-5-6-7-8-9-10-11-12-13-14-19-16(18)20-15(2)17/h15H,3-14H2,1-2H3. The zero-order chi connectivity index (χ0) is 15.1. The fourth-order valence-electron chi connectivity index (χ4n) is 2.09. The average molecular weight is 398 g/mol. The SMILES string of the molecule is CCCCCCCCCCCCCOC(=O)OC(C)I. The van der Waals surface area contributed by atoms with Crippen molar-refractivity contribution >= 4 is 28.7 Å². The van der Waals surface area contributed by atoms with Crippen LogP contribution in [-0.4, -0.2) is 16.9 Å². The molecule has 120 valence electrons. The molecule has 0 fully saturated rings. The Hall–Kier alpha value is 0. The highest BCUT2D eigenvalue weighted by atomic mass is 127. The Labute approximate surface area is 138 Å². The summed E-state index contributed by atoms with van der Waals surface area (Å²) in [5.41, 5.74) is 0. The maximum atomic E-state index is 11.1. The van der Waals surface area contributed by atoms with Crippen LogP contribution in [0, 0.1) is 0 Å². The highest BCUT2D eigenvalue weighted by molar-refractivity contribution is 14.1. The van der Waals surface area contributed by atoms with E-state index < -0.39 is 6.16 Å². The first-order valence-corrected chi connectivity index (χ1v) is 9.39. The second-order valence-electron chi connectivity index (χ2n) is 5.29. The predicted octanol–water partition coefficient (Wildman–Crippen LogP) is 6.23. The summed E-state index contributed by atoms with van der Waals surface area (Å²) < 4.78 is 9.72. The smallest absolute Gasteiger partial charge is 0.434 e. The van der Waals surface area contributed by atoms with Crippen molar-refractivity contribution in [1.29, 1.82) is 0 Å². The lowest BCUT2D eigenvalue weighted by Crippen LogP contribution is -2.11. The zero-order valence-corrected chi connectivity index (χ0v) is 15.3. The molecule has 0 N–H and O–H groups in total. The molecule has 4 heteroatoms. The number of ether oxygens (including phenoxy) is 2. The van der Waals surface area contributed by atoms with Crippen LogP contribution in [0.3, 0.4) is 0 Å². The van der Waals surface area contributed by atoms with E-state index >= 15 is 0 Å². The molecule has 0 saturated heterocycles. The average Bonchev–Trinajstić information content (AvgIpc) is 2.39. The monoisotopic (exact) mass is 398 g/mol. The molecule has 0 radical (unpaired) electrons. The molecule has 20 heavy (non-hydrogen) atoms. The molecule has 0 aliphatic heterocycles. The van der Waals surface area contributed by atoms with Gasteiger partial charge in [-0.05, 0) is 35.9 Å². The van der Waals surface area contributed by atoms with E-state index in [1.807, 2.05) is 29.5 Å². The van der Waals surface area contributed by atoms with Crippen LogP contribution >= 0.6 is 22.6 Å². The second-order valence-corrected chi connectivity index (χ2v) is 7.05. The van der Waals surface area contributed by atoms with Crippen molar-refractivity contribution < 1.29 is 14.3 Å². The van der Waals surface area contributed by atoms with Crippen molar-refractivity contribution in [2.24, 2.45) is 0 Å². The van der Waals surface area contributed by atoms with Gasteiger partial charge in [0.2, 0.25) is 0 Å². The number of halogens is 1. The molecule has 0 saturated carbocycles. The van der Waals surface area contributed by atoms with E-state index in [2.05, 4.69) is 6.92 Å². The predicted molar refractivity (Wildman–Crippen MR) is 92.4 cm³/mol. The molecule has 0 aliphatic carbocycles. The van der Waals surface area contributed by atoms with Crippen LogP contribution < -0.4 is 0 Å². The highest BCUT2D eigenvalue weighted by Crippen LogP contribution is 2.11. The molecule has 0 spiro atoms. The summed E-state index contributed by atoms with van der Waals surface area (Å²) in [7, 11) is 0. The van der Waals surface area contributed by atoms with Gasteiger partial charge in [0.1, 0.15) is 0 Å². The Morgan fingerprint density at radius 1 is 0.900 bits per heavy atom. The molecular weight excluding hydrogens is 367 g/mol. The number of hydrogen-bond acceptors (Lipinski definition) is 3. The van der Waals surface area contributed by atoms with Crippen LogP contribution in [0.25, 0.3) is 0 Å². The number of unbranched alkanes of at least 4 members (excludes halogenated alkanes) is 10. The number of rotatable bonds is 13. The lowest BCUT2D eigenvalue weighted by Gasteiger charge is -2.07. The zero-order valence-electron chi connectivity index (χ0n) is 13.2. The van der Waals surface area contributed by atoms with Crippen LogP contribution in [0.2, 0.25) is 0 Å². The molecule has 0 aliphatic rings. The van der Waals surface area contributed by atoms with Gasteiger partial charge in [-0.2, -0.15) is 0 Å². The third-order valence-corrected chi connectivity index (χ3v) is 3.48. The van der Waals surface area contributed by atoms with Crippen LogP contribution in [0.15, 0.2) is 0 Å². The first kappa shape index (κ1) is 20.0. The summed E-state index contributed by atoms with van der Waals surface area (Å²) in [5.74, 6) is 0. The van der Waals surface area contributed by atoms with E-state index in [0.29, 0.717) is 6.61 Å². The van der Waals surface area contributed by atoms with Crippen molar-refractivity contribution in [3.8, 4) is 0 Å². The molecular formula is C16H31IO3. The first-order chi connectivity index (χ1) is 9.66. The fraction of sp³-hybridized carbons (Fsp3) is 0.938. The van der Waals surface area contributed by atoms with E-state index in [4.69, 9.17) is 9.47 Å². The van der Waals surface area contributed by atoms with Crippen molar-refractivity contribution in [3.05, 3.63) is 0 Å². The van der Waals surface area contributed by atoms with Gasteiger partial charge in [0, 0.05) is 0 Å². The van der Waals surface area contributed by atoms with E-state index in [1.54, 1.807) is 0 Å². The maximum Gasteiger partial charge on any atom is 0.509 e. The van der Waals surface area contributed by atoms with Crippen LogP contribution in [0.1, 0.15) is 84.5 Å². The van der Waals surface area contributed by atoms with Crippen molar-refractivity contribution in [2.75, 3.05) is 6.61 Å². The molecule has 0 amide bonds. The number of hydrogen-bond donors (Lipinski definition) is 0. The Kier molecular flexibility index (Phi) is 15.4. The molecule has 0 bridgehead atoms. The summed E-state index contributed by atoms with van der Waals surface area (Å²) in [6.45, 7) is 4.55. The molecule has 3 nitrogen and oxygen atoms in total. The summed E-state index contributed by atoms with van der Waals surface area (Å²) in [6.07, 6.45) is 13.7. The summed E-state index contributed by atoms with van der Waals surface area (Å²) in [6, 6.07) is 0. The van der Waals surface area contributed by atoms with Crippen molar-refractivity contribution in [1.82, 2.24) is 0 Å². The Morgan fingerprint density at radius 3 is 1.80 bits per heavy atom. The van der Waals surface area contributed by atoms with Crippen molar-refractivity contribution in [3.63, 3.8) is 0 Å². The van der Waals surface area contributed by atoms with E-state index in [-0.39, 0.29) is 4.11 Å². The summed E-state index contributed by atoms with van der Waals surface area (Å²) in [5, 5.41) is 0. The number of carbonyl (C=O) groups is 1. The normalized spacial score (nSPS) is 12.2. The molecule has 1 atom stereocenters. The largest absolute Gasteiger partial charge is 0.509 e. The van der Waals surface area contributed by atoms with Crippen LogP contribution in [-0.2, 0) is 9.47 Å². The number of alkyl halides is 1. The van der Waals surface area contributed by atoms with Crippen LogP contribution in [0.4, 0.5) is 4.79 Å². The lowest BCUT2D eigenvalue weighted by atomic mass is 10.1. The first-order valence-electron chi connectivity index (χ1n) is 8.14. The van der Waals surface area contributed by atoms with Gasteiger partial charge in [0.15, 0.2) is 4.11 Å². The summed E-state index contributed by atoms with van der Waals surface area (Å²) in [4.78, 5) is 11.1. The Bertz CT molecular complexity index is 220. The molecule has 0 aromatic rings. The molecule has 0 heterocycles. The van der Waals surface area contributed by atoms with E-state index in [1.165, 1.54) is 57.8 Å². The summed E-state index contributed by atoms with van der Waals surface area (Å²) >= 11 is 2.03. The van der Waals surface area contributed by atoms with Gasteiger partial charge in [-0.3, -0.25) is 0 Å². The minimum absolute atomic E-state index is 0.127. The minimum Gasteiger partial charge on any atom is -0.434 e. The second kappa shape index (κ2) is 15.4. The molecule has 0 aromatic carbocycles. The molecule has 1 unspecified atom stereocenters. The van der Waals surface area contributed by atoms with E-state index in [0.717, 1.165) is 12.8 Å². The van der Waals surface area contributed by atoms with Crippen LogP contribution in [0.5, 0.6) is 0 Å². The lowest BCUT2D eigenvalue weighted by molar-refractivity contribution is 0.0537. The fourth-order valence-corrected chi connectivity index (χ4v) is 2.30. The van der Waals surface area contributed by atoms with Gasteiger partial charge in [-0.25, -0.2) is 4.79 Å². The minimum atomic E-state index is -0.543. The van der Waals surface area contributed by atoms with Crippen molar-refractivity contribution in [2.45, 2.75) is 88.6 Å².